The Balaban J connectivity index is 1.62. The lowest BCUT2D eigenvalue weighted by Crippen LogP contribution is -2.25. The van der Waals surface area contributed by atoms with E-state index in [1.807, 2.05) is 7.05 Å². The van der Waals surface area contributed by atoms with Crippen molar-refractivity contribution in [3.63, 3.8) is 0 Å². The fourth-order valence-corrected chi connectivity index (χ4v) is 4.25. The van der Waals surface area contributed by atoms with Crippen LogP contribution >= 0.6 is 0 Å². The third-order valence-corrected chi connectivity index (χ3v) is 6.36. The van der Waals surface area contributed by atoms with Crippen LogP contribution in [0.4, 0.5) is 0 Å². The minimum atomic E-state index is -0.0211. The van der Waals surface area contributed by atoms with E-state index in [0.717, 1.165) is 19.4 Å². The zero-order chi connectivity index (χ0) is 23.6. The second kappa shape index (κ2) is 12.2. The Morgan fingerprint density at radius 2 is 1.39 bits per heavy atom. The minimum Gasteiger partial charge on any atom is -0.342 e. The normalized spacial score (nSPS) is 10.8. The largest absolute Gasteiger partial charge is 0.342 e. The number of benzene rings is 3. The third-order valence-electron chi connectivity index (χ3n) is 6.36. The molecule has 0 atom stereocenters. The van der Waals surface area contributed by atoms with E-state index in [-0.39, 0.29) is 5.91 Å². The number of carbonyl (C=O) groups is 1. The number of unbranched alkanes of at least 4 members (excludes halogenated alkanes) is 2. The van der Waals surface area contributed by atoms with Crippen LogP contribution in [-0.2, 0) is 17.6 Å². The van der Waals surface area contributed by atoms with Crippen LogP contribution in [0.25, 0.3) is 22.3 Å². The van der Waals surface area contributed by atoms with Gasteiger partial charge < -0.3 is 4.90 Å². The molecule has 0 aliphatic heterocycles. The molecule has 0 saturated carbocycles. The molecule has 0 fully saturated rings. The number of amides is 1. The number of nitrogens with zero attached hydrogens (tertiary/aromatic N) is 1. The Morgan fingerprint density at radius 1 is 0.818 bits per heavy atom. The van der Waals surface area contributed by atoms with Gasteiger partial charge in [-0.1, -0.05) is 93.1 Å². The summed E-state index contributed by atoms with van der Waals surface area (Å²) in [6.07, 6.45) is 8.29. The van der Waals surface area contributed by atoms with Crippen molar-refractivity contribution >= 4 is 5.91 Å². The first-order valence-electron chi connectivity index (χ1n) is 12.2. The molecule has 1 amide bonds. The van der Waals surface area contributed by atoms with Gasteiger partial charge >= 0.3 is 0 Å². The summed E-state index contributed by atoms with van der Waals surface area (Å²) in [5.41, 5.74) is 9.08. The molecule has 172 valence electrons. The van der Waals surface area contributed by atoms with Crippen molar-refractivity contribution in [2.75, 3.05) is 13.6 Å². The molecule has 0 radical (unpaired) electrons. The third kappa shape index (κ3) is 6.92. The predicted molar refractivity (Wildman–Crippen MR) is 141 cm³/mol. The van der Waals surface area contributed by atoms with Crippen LogP contribution in [0.15, 0.2) is 79.4 Å². The van der Waals surface area contributed by atoms with Gasteiger partial charge in [0.1, 0.15) is 0 Å². The Labute approximate surface area is 200 Å². The first-order chi connectivity index (χ1) is 16.0. The number of likely N-dealkylation sites (N-methyl/N-ethyl adjacent to an activating group) is 1. The average Bonchev–Trinajstić information content (AvgIpc) is 2.84. The van der Waals surface area contributed by atoms with Crippen molar-refractivity contribution in [3.05, 3.63) is 96.1 Å². The van der Waals surface area contributed by atoms with Gasteiger partial charge in [-0.15, -0.1) is 0 Å². The van der Waals surface area contributed by atoms with Gasteiger partial charge in [-0.3, -0.25) is 4.79 Å². The van der Waals surface area contributed by atoms with E-state index in [2.05, 4.69) is 87.2 Å². The van der Waals surface area contributed by atoms with E-state index < -0.39 is 0 Å². The molecule has 33 heavy (non-hydrogen) atoms. The van der Waals surface area contributed by atoms with Crippen LogP contribution in [0.3, 0.4) is 0 Å². The summed E-state index contributed by atoms with van der Waals surface area (Å²) in [5, 5.41) is 0. The highest BCUT2D eigenvalue weighted by Crippen LogP contribution is 2.29. The number of hydrogen-bond donors (Lipinski definition) is 0. The van der Waals surface area contributed by atoms with Crippen LogP contribution in [-0.4, -0.2) is 24.4 Å². The van der Waals surface area contributed by atoms with Gasteiger partial charge in [-0.2, -0.15) is 0 Å². The predicted octanol–water partition coefficient (Wildman–Crippen LogP) is 7.64. The molecule has 0 heterocycles. The molecule has 2 nitrogen and oxygen atoms in total. The fraction of sp³-hybridized carbons (Fsp3) is 0.323. The van der Waals surface area contributed by atoms with Gasteiger partial charge in [0.2, 0.25) is 5.91 Å². The molecular formula is C31H37NO. The van der Waals surface area contributed by atoms with Gasteiger partial charge in [0.25, 0.3) is 0 Å². The summed E-state index contributed by atoms with van der Waals surface area (Å²) in [6.45, 7) is 8.73. The summed E-state index contributed by atoms with van der Waals surface area (Å²) in [5.74, 6) is -0.0211. The molecule has 3 aromatic carbocycles. The highest BCUT2D eigenvalue weighted by molar-refractivity contribution is 5.86. The van der Waals surface area contributed by atoms with Crippen molar-refractivity contribution in [3.8, 4) is 22.3 Å². The zero-order valence-electron chi connectivity index (χ0n) is 20.4. The van der Waals surface area contributed by atoms with Crippen molar-refractivity contribution in [1.82, 2.24) is 4.90 Å². The fourth-order valence-electron chi connectivity index (χ4n) is 4.25. The van der Waals surface area contributed by atoms with Gasteiger partial charge in [-0.05, 0) is 77.6 Å². The monoisotopic (exact) mass is 439 g/mol. The van der Waals surface area contributed by atoms with Crippen LogP contribution in [0.5, 0.6) is 0 Å². The first kappa shape index (κ1) is 24.5. The molecule has 0 N–H and O–H groups in total. The lowest BCUT2D eigenvalue weighted by Gasteiger charge is -2.14. The molecule has 0 aliphatic carbocycles. The SMILES string of the molecule is C=CC(=O)N(C)CCCc1ccc(-c2ccc(-c3ccc(CCCCC)cc3)cc2C)cc1. The summed E-state index contributed by atoms with van der Waals surface area (Å²) in [7, 11) is 1.82. The van der Waals surface area contributed by atoms with Crippen LogP contribution in [0.2, 0.25) is 0 Å². The minimum absolute atomic E-state index is 0.0211. The molecule has 0 aromatic heterocycles. The molecular weight excluding hydrogens is 402 g/mol. The molecule has 2 heteroatoms. The van der Waals surface area contributed by atoms with Crippen molar-refractivity contribution in [2.45, 2.75) is 52.4 Å². The van der Waals surface area contributed by atoms with Gasteiger partial charge in [-0.25, -0.2) is 0 Å². The topological polar surface area (TPSA) is 20.3 Å². The number of rotatable bonds is 11. The van der Waals surface area contributed by atoms with Gasteiger partial charge in [0, 0.05) is 13.6 Å². The van der Waals surface area contributed by atoms with E-state index in [1.165, 1.54) is 70.7 Å². The first-order valence-corrected chi connectivity index (χ1v) is 12.2. The Kier molecular flexibility index (Phi) is 9.06. The van der Waals surface area contributed by atoms with E-state index >= 15 is 0 Å². The second-order valence-corrected chi connectivity index (χ2v) is 8.95. The lowest BCUT2D eigenvalue weighted by molar-refractivity contribution is -0.124. The maximum atomic E-state index is 11.6. The van der Waals surface area contributed by atoms with Crippen molar-refractivity contribution in [1.29, 1.82) is 0 Å². The summed E-state index contributed by atoms with van der Waals surface area (Å²) in [6, 6.07) is 24.7. The highest BCUT2D eigenvalue weighted by Gasteiger charge is 2.07. The molecule has 3 aromatic rings. The van der Waals surface area contributed by atoms with Crippen LogP contribution in [0.1, 0.15) is 49.3 Å². The number of hydrogen-bond acceptors (Lipinski definition) is 1. The molecule has 3 rings (SSSR count). The molecule has 0 aliphatic rings. The van der Waals surface area contributed by atoms with E-state index in [4.69, 9.17) is 0 Å². The Hall–Kier alpha value is -3.13. The maximum absolute atomic E-state index is 11.6. The van der Waals surface area contributed by atoms with Crippen molar-refractivity contribution in [2.24, 2.45) is 0 Å². The van der Waals surface area contributed by atoms with E-state index in [9.17, 15) is 4.79 Å². The van der Waals surface area contributed by atoms with Crippen molar-refractivity contribution < 1.29 is 4.79 Å². The molecule has 0 bridgehead atoms. The lowest BCUT2D eigenvalue weighted by atomic mass is 9.94. The average molecular weight is 440 g/mol. The van der Waals surface area contributed by atoms with E-state index in [0.29, 0.717) is 0 Å². The Morgan fingerprint density at radius 3 is 1.97 bits per heavy atom. The highest BCUT2D eigenvalue weighted by atomic mass is 16.2. The van der Waals surface area contributed by atoms with Gasteiger partial charge in [0.05, 0.1) is 0 Å². The molecule has 0 spiro atoms. The number of carbonyl (C=O) groups excluding carboxylic acids is 1. The molecule has 0 saturated heterocycles. The summed E-state index contributed by atoms with van der Waals surface area (Å²) >= 11 is 0. The van der Waals surface area contributed by atoms with Crippen LogP contribution in [0, 0.1) is 6.92 Å². The zero-order valence-corrected chi connectivity index (χ0v) is 20.4. The van der Waals surface area contributed by atoms with E-state index in [1.54, 1.807) is 4.90 Å². The maximum Gasteiger partial charge on any atom is 0.245 e. The Bertz CT molecular complexity index is 1050. The summed E-state index contributed by atoms with van der Waals surface area (Å²) in [4.78, 5) is 13.3. The second-order valence-electron chi connectivity index (χ2n) is 8.95. The number of aryl methyl sites for hydroxylation is 3. The molecule has 0 unspecified atom stereocenters. The quantitative estimate of drug-likeness (QED) is 0.222. The van der Waals surface area contributed by atoms with Crippen LogP contribution < -0.4 is 0 Å². The smallest absolute Gasteiger partial charge is 0.245 e. The summed E-state index contributed by atoms with van der Waals surface area (Å²) < 4.78 is 0. The van der Waals surface area contributed by atoms with Gasteiger partial charge in [0.15, 0.2) is 0 Å². The standard InChI is InChI=1S/C31H37NO/c1-5-7-8-10-25-12-16-27(17-13-25)29-20-21-30(24(3)23-29)28-18-14-26(15-19-28)11-9-22-32(4)31(33)6-2/h6,12-21,23H,2,5,7-11,22H2,1,3-4H3.